The van der Waals surface area contributed by atoms with Crippen LogP contribution in [-0.4, -0.2) is 33.9 Å². The van der Waals surface area contributed by atoms with Gasteiger partial charge >= 0.3 is 0 Å². The maximum absolute atomic E-state index is 12.0. The summed E-state index contributed by atoms with van der Waals surface area (Å²) in [5.41, 5.74) is 0.532. The maximum Gasteiger partial charge on any atom is 0.184 e. The lowest BCUT2D eigenvalue weighted by molar-refractivity contribution is 0.0974. The van der Waals surface area contributed by atoms with Crippen molar-refractivity contribution in [3.8, 4) is 0 Å². The summed E-state index contributed by atoms with van der Waals surface area (Å²) in [7, 11) is 0. The summed E-state index contributed by atoms with van der Waals surface area (Å²) in [5.74, 6) is 0.138. The van der Waals surface area contributed by atoms with Gasteiger partial charge in [0.2, 0.25) is 0 Å². The van der Waals surface area contributed by atoms with Crippen LogP contribution in [0.1, 0.15) is 81.2 Å². The molecular formula is C16H28N4O. The van der Waals surface area contributed by atoms with E-state index in [0.29, 0.717) is 18.2 Å². The fraction of sp³-hybridized carbons (Fsp3) is 0.812. The molecular weight excluding hydrogens is 264 g/mol. The molecule has 0 spiro atoms. The highest BCUT2D eigenvalue weighted by Gasteiger charge is 2.21. The first-order chi connectivity index (χ1) is 10.3. The van der Waals surface area contributed by atoms with Crippen molar-refractivity contribution in [3.05, 3.63) is 11.9 Å². The van der Waals surface area contributed by atoms with Crippen molar-refractivity contribution in [1.29, 1.82) is 0 Å². The highest BCUT2D eigenvalue weighted by Crippen LogP contribution is 2.13. The number of ketones is 1. The molecule has 0 bridgehead atoms. The lowest BCUT2D eigenvalue weighted by Crippen LogP contribution is -2.43. The van der Waals surface area contributed by atoms with E-state index in [1.807, 2.05) is 4.68 Å². The summed E-state index contributed by atoms with van der Waals surface area (Å²) < 4.78 is 1.82. The first-order valence-corrected chi connectivity index (χ1v) is 8.47. The predicted molar refractivity (Wildman–Crippen MR) is 83.5 cm³/mol. The smallest absolute Gasteiger partial charge is 0.184 e. The number of unbranched alkanes of at least 4 members (excludes halogenated alkanes) is 7. The first-order valence-electron chi connectivity index (χ1n) is 8.47. The van der Waals surface area contributed by atoms with Gasteiger partial charge in [0, 0.05) is 19.5 Å². The lowest BCUT2D eigenvalue weighted by Gasteiger charge is -2.26. The molecule has 118 valence electrons. The molecule has 1 aromatic heterocycles. The molecule has 0 aromatic carbocycles. The third-order valence-corrected chi connectivity index (χ3v) is 4.19. The summed E-state index contributed by atoms with van der Waals surface area (Å²) in [6.07, 6.45) is 12.4. The second kappa shape index (κ2) is 8.93. The molecule has 1 aromatic rings. The molecule has 1 aliphatic rings. The van der Waals surface area contributed by atoms with Crippen molar-refractivity contribution in [1.82, 2.24) is 20.3 Å². The number of carbonyl (C=O) groups is 1. The molecule has 21 heavy (non-hydrogen) atoms. The molecule has 2 rings (SSSR count). The van der Waals surface area contributed by atoms with Crippen molar-refractivity contribution in [2.75, 3.05) is 13.1 Å². The summed E-state index contributed by atoms with van der Waals surface area (Å²) >= 11 is 0. The van der Waals surface area contributed by atoms with Gasteiger partial charge in [-0.25, -0.2) is 4.68 Å². The maximum atomic E-state index is 12.0. The predicted octanol–water partition coefficient (Wildman–Crippen LogP) is 3.14. The van der Waals surface area contributed by atoms with Crippen LogP contribution in [-0.2, 0) is 0 Å². The summed E-state index contributed by atoms with van der Waals surface area (Å²) in [6.45, 7) is 4.09. The van der Waals surface area contributed by atoms with E-state index in [9.17, 15) is 4.79 Å². The Labute approximate surface area is 127 Å². The van der Waals surface area contributed by atoms with E-state index in [1.54, 1.807) is 6.20 Å². The van der Waals surface area contributed by atoms with E-state index >= 15 is 0 Å². The van der Waals surface area contributed by atoms with E-state index in [4.69, 9.17) is 0 Å². The monoisotopic (exact) mass is 292 g/mol. The van der Waals surface area contributed by atoms with E-state index < -0.39 is 0 Å². The molecule has 1 fully saturated rings. The normalized spacial score (nSPS) is 15.1. The zero-order valence-corrected chi connectivity index (χ0v) is 13.2. The van der Waals surface area contributed by atoms with Crippen LogP contribution in [0.25, 0.3) is 0 Å². The number of rotatable bonds is 11. The van der Waals surface area contributed by atoms with Gasteiger partial charge in [-0.2, -0.15) is 0 Å². The number of nitrogens with zero attached hydrogens (tertiary/aromatic N) is 3. The molecule has 1 aliphatic heterocycles. The second-order valence-corrected chi connectivity index (χ2v) is 6.04. The van der Waals surface area contributed by atoms with Gasteiger partial charge in [0.25, 0.3) is 0 Å². The molecule has 5 heteroatoms. The summed E-state index contributed by atoms with van der Waals surface area (Å²) in [4.78, 5) is 12.0. The Kier molecular flexibility index (Phi) is 6.86. The average Bonchev–Trinajstić information content (AvgIpc) is 2.89. The van der Waals surface area contributed by atoms with Crippen LogP contribution in [0.4, 0.5) is 0 Å². The van der Waals surface area contributed by atoms with E-state index in [1.165, 1.54) is 38.5 Å². The Hall–Kier alpha value is -1.23. The Bertz CT molecular complexity index is 426. The molecule has 0 radical (unpaired) electrons. The van der Waals surface area contributed by atoms with Gasteiger partial charge in [-0.1, -0.05) is 57.1 Å². The van der Waals surface area contributed by atoms with Crippen LogP contribution in [0.2, 0.25) is 0 Å². The van der Waals surface area contributed by atoms with Gasteiger partial charge in [-0.3, -0.25) is 4.79 Å². The summed E-state index contributed by atoms with van der Waals surface area (Å²) in [5, 5.41) is 11.2. The van der Waals surface area contributed by atoms with Crippen LogP contribution in [0, 0.1) is 0 Å². The number of hydrogen-bond acceptors (Lipinski definition) is 4. The van der Waals surface area contributed by atoms with Gasteiger partial charge in [-0.15, -0.1) is 5.10 Å². The van der Waals surface area contributed by atoms with Gasteiger partial charge in [-0.05, 0) is 6.42 Å². The largest absolute Gasteiger partial charge is 0.312 e. The number of aromatic nitrogens is 3. The quantitative estimate of drug-likeness (QED) is 0.503. The Morgan fingerprint density at radius 1 is 1.19 bits per heavy atom. The first kappa shape index (κ1) is 16.1. The second-order valence-electron chi connectivity index (χ2n) is 6.04. The third kappa shape index (κ3) is 5.23. The number of hydrogen-bond donors (Lipinski definition) is 1. The number of Topliss-reactive ketones (excluding diaryl/α,β-unsaturated/α-hetero) is 1. The topological polar surface area (TPSA) is 59.8 Å². The lowest BCUT2D eigenvalue weighted by atomic mass is 10.1. The molecule has 0 aliphatic carbocycles. The molecule has 0 atom stereocenters. The molecule has 0 amide bonds. The fourth-order valence-electron chi connectivity index (χ4n) is 2.59. The van der Waals surface area contributed by atoms with E-state index in [-0.39, 0.29) is 5.78 Å². The van der Waals surface area contributed by atoms with Crippen molar-refractivity contribution in [2.45, 2.75) is 70.8 Å². The minimum Gasteiger partial charge on any atom is -0.312 e. The average molecular weight is 292 g/mol. The molecule has 0 saturated carbocycles. The third-order valence-electron chi connectivity index (χ3n) is 4.19. The highest BCUT2D eigenvalue weighted by atomic mass is 16.1. The van der Waals surface area contributed by atoms with Crippen LogP contribution >= 0.6 is 0 Å². The van der Waals surface area contributed by atoms with Crippen molar-refractivity contribution in [3.63, 3.8) is 0 Å². The van der Waals surface area contributed by atoms with E-state index in [2.05, 4.69) is 22.6 Å². The zero-order chi connectivity index (χ0) is 14.9. The fourth-order valence-corrected chi connectivity index (χ4v) is 2.59. The SMILES string of the molecule is CCCCCCCCCCC(=O)c1cn(C2CNC2)nn1. The van der Waals surface area contributed by atoms with Crippen molar-refractivity contribution in [2.24, 2.45) is 0 Å². The Balaban J connectivity index is 1.55. The molecule has 2 heterocycles. The molecule has 5 nitrogen and oxygen atoms in total. The number of carbonyl (C=O) groups excluding carboxylic acids is 1. The Morgan fingerprint density at radius 2 is 1.86 bits per heavy atom. The molecule has 0 unspecified atom stereocenters. The van der Waals surface area contributed by atoms with Crippen LogP contribution < -0.4 is 5.32 Å². The van der Waals surface area contributed by atoms with Gasteiger partial charge in [0.1, 0.15) is 5.69 Å². The minimum atomic E-state index is 0.138. The standard InChI is InChI=1S/C16H28N4O/c1-2-3-4-5-6-7-8-9-10-16(21)15-13-20(19-18-15)14-11-17-12-14/h13-14,17H,2-12H2,1H3. The van der Waals surface area contributed by atoms with Crippen LogP contribution in [0.5, 0.6) is 0 Å². The van der Waals surface area contributed by atoms with Gasteiger partial charge < -0.3 is 5.32 Å². The molecule has 1 saturated heterocycles. The highest BCUT2D eigenvalue weighted by molar-refractivity contribution is 5.93. The van der Waals surface area contributed by atoms with Gasteiger partial charge in [0.05, 0.1) is 12.2 Å². The molecule has 1 N–H and O–H groups in total. The Morgan fingerprint density at radius 3 is 2.48 bits per heavy atom. The zero-order valence-electron chi connectivity index (χ0n) is 13.2. The van der Waals surface area contributed by atoms with Crippen molar-refractivity contribution < 1.29 is 4.79 Å². The van der Waals surface area contributed by atoms with Crippen LogP contribution in [0.3, 0.4) is 0 Å². The minimum absolute atomic E-state index is 0.138. The summed E-state index contributed by atoms with van der Waals surface area (Å²) in [6, 6.07) is 0.377. The number of nitrogens with one attached hydrogen (secondary N) is 1. The van der Waals surface area contributed by atoms with Crippen LogP contribution in [0.15, 0.2) is 6.20 Å². The van der Waals surface area contributed by atoms with Crippen molar-refractivity contribution >= 4 is 5.78 Å². The van der Waals surface area contributed by atoms with E-state index in [0.717, 1.165) is 25.9 Å². The van der Waals surface area contributed by atoms with Gasteiger partial charge in [0.15, 0.2) is 5.78 Å².